The summed E-state index contributed by atoms with van der Waals surface area (Å²) >= 11 is 11.9. The molecule has 0 radical (unpaired) electrons. The molecule has 0 aliphatic carbocycles. The molecule has 0 N–H and O–H groups in total. The topological polar surface area (TPSA) is 74.8 Å². The molecule has 0 atom stereocenters. The number of carbonyl (C=O) groups is 1. The number of halogens is 2. The Morgan fingerprint density at radius 1 is 1.15 bits per heavy atom. The van der Waals surface area contributed by atoms with Gasteiger partial charge in [0.25, 0.3) is 5.91 Å². The predicted molar refractivity (Wildman–Crippen MR) is 100 cm³/mol. The lowest BCUT2D eigenvalue weighted by atomic mass is 10.2. The molecule has 8 heteroatoms. The van der Waals surface area contributed by atoms with E-state index in [0.29, 0.717) is 27.1 Å². The maximum absolute atomic E-state index is 12.8. The average molecular weight is 386 g/mol. The van der Waals surface area contributed by atoms with E-state index in [1.54, 1.807) is 61.1 Å². The minimum atomic E-state index is -0.445. The Labute approximate surface area is 160 Å². The average Bonchev–Trinajstić information content (AvgIpc) is 3.02. The Balaban J connectivity index is 1.96. The first-order valence-electron chi connectivity index (χ1n) is 7.58. The minimum absolute atomic E-state index is 0.0174. The number of hydrogen-bond donors (Lipinski definition) is 0. The molecule has 3 rings (SSSR count). The van der Waals surface area contributed by atoms with E-state index in [0.717, 1.165) is 5.69 Å². The molecule has 0 aliphatic rings. The lowest BCUT2D eigenvalue weighted by Gasteiger charge is -2.17. The van der Waals surface area contributed by atoms with Crippen LogP contribution < -0.4 is 4.90 Å². The van der Waals surface area contributed by atoms with Crippen molar-refractivity contribution in [1.82, 2.24) is 14.8 Å². The van der Waals surface area contributed by atoms with Crippen LogP contribution in [-0.2, 0) is 0 Å². The number of nitriles is 1. The second kappa shape index (κ2) is 7.16. The molecule has 0 bridgehead atoms. The molecule has 130 valence electrons. The molecule has 6 nitrogen and oxygen atoms in total. The van der Waals surface area contributed by atoms with Gasteiger partial charge in [-0.1, -0.05) is 23.2 Å². The van der Waals surface area contributed by atoms with Crippen molar-refractivity contribution >= 4 is 34.8 Å². The first kappa shape index (κ1) is 17.9. The molecule has 1 heterocycles. The van der Waals surface area contributed by atoms with Crippen LogP contribution in [0.4, 0.5) is 5.69 Å². The largest absolute Gasteiger partial charge is 0.307 e. The normalized spacial score (nSPS) is 10.4. The molecule has 0 unspecified atom stereocenters. The van der Waals surface area contributed by atoms with E-state index in [4.69, 9.17) is 23.2 Å². The van der Waals surface area contributed by atoms with Gasteiger partial charge in [0.1, 0.15) is 11.9 Å². The zero-order valence-electron chi connectivity index (χ0n) is 13.9. The first-order valence-corrected chi connectivity index (χ1v) is 8.33. The number of hydrogen-bond acceptors (Lipinski definition) is 4. The van der Waals surface area contributed by atoms with E-state index in [9.17, 15) is 10.1 Å². The van der Waals surface area contributed by atoms with Gasteiger partial charge in [-0.25, -0.2) is 9.67 Å². The van der Waals surface area contributed by atoms with Crippen molar-refractivity contribution in [2.45, 2.75) is 6.92 Å². The minimum Gasteiger partial charge on any atom is -0.307 e. The molecule has 0 fully saturated rings. The monoisotopic (exact) mass is 385 g/mol. The fourth-order valence-electron chi connectivity index (χ4n) is 2.44. The highest BCUT2D eigenvalue weighted by Gasteiger charge is 2.22. The Bertz CT molecular complexity index is 1020. The zero-order chi connectivity index (χ0) is 18.8. The van der Waals surface area contributed by atoms with E-state index in [1.165, 1.54) is 4.90 Å². The summed E-state index contributed by atoms with van der Waals surface area (Å²) in [5, 5.41) is 14.6. The fraction of sp³-hybridized carbons (Fsp3) is 0.111. The number of aromatic nitrogens is 3. The highest BCUT2D eigenvalue weighted by atomic mass is 35.5. The molecule has 0 spiro atoms. The number of rotatable bonds is 3. The molecule has 1 aromatic heterocycles. The van der Waals surface area contributed by atoms with E-state index in [2.05, 4.69) is 10.1 Å². The van der Waals surface area contributed by atoms with Crippen LogP contribution in [0, 0.1) is 18.3 Å². The highest BCUT2D eigenvalue weighted by Crippen LogP contribution is 2.24. The van der Waals surface area contributed by atoms with Gasteiger partial charge in [-0.2, -0.15) is 5.26 Å². The summed E-state index contributed by atoms with van der Waals surface area (Å²) in [6.45, 7) is 1.75. The Morgan fingerprint density at radius 3 is 2.46 bits per heavy atom. The number of nitrogens with zero attached hydrogens (tertiary/aromatic N) is 5. The van der Waals surface area contributed by atoms with E-state index in [-0.39, 0.29) is 5.82 Å². The molecular formula is C18H13Cl2N5O. The molecule has 1 amide bonds. The van der Waals surface area contributed by atoms with E-state index in [1.807, 2.05) is 6.07 Å². The number of anilines is 1. The van der Waals surface area contributed by atoms with Crippen LogP contribution in [0.5, 0.6) is 0 Å². The zero-order valence-corrected chi connectivity index (χ0v) is 15.5. The SMILES string of the molecule is Cc1nc(C(=O)N(C)c2cc(Cl)ccc2C#N)nn1-c1ccc(Cl)cc1. The van der Waals surface area contributed by atoms with Gasteiger partial charge in [-0.05, 0) is 49.4 Å². The van der Waals surface area contributed by atoms with Gasteiger partial charge in [-0.15, -0.1) is 5.10 Å². The third-order valence-corrected chi connectivity index (χ3v) is 4.26. The van der Waals surface area contributed by atoms with E-state index >= 15 is 0 Å². The van der Waals surface area contributed by atoms with Crippen LogP contribution in [0.1, 0.15) is 22.0 Å². The summed E-state index contributed by atoms with van der Waals surface area (Å²) in [5.41, 5.74) is 1.46. The quantitative estimate of drug-likeness (QED) is 0.681. The molecule has 0 saturated carbocycles. The van der Waals surface area contributed by atoms with Crippen LogP contribution in [0.2, 0.25) is 10.0 Å². The van der Waals surface area contributed by atoms with Gasteiger partial charge < -0.3 is 4.90 Å². The summed E-state index contributed by atoms with van der Waals surface area (Å²) in [4.78, 5) is 18.3. The van der Waals surface area contributed by atoms with Gasteiger partial charge in [-0.3, -0.25) is 4.79 Å². The van der Waals surface area contributed by atoms with Gasteiger partial charge in [0.15, 0.2) is 0 Å². The molecule has 3 aromatic rings. The maximum atomic E-state index is 12.8. The van der Waals surface area contributed by atoms with Gasteiger partial charge in [0, 0.05) is 17.1 Å². The first-order chi connectivity index (χ1) is 12.4. The van der Waals surface area contributed by atoms with Crippen LogP contribution in [0.3, 0.4) is 0 Å². The number of aryl methyl sites for hydroxylation is 1. The molecule has 0 aliphatic heterocycles. The summed E-state index contributed by atoms with van der Waals surface area (Å²) in [7, 11) is 1.55. The maximum Gasteiger partial charge on any atom is 0.297 e. The number of carbonyl (C=O) groups excluding carboxylic acids is 1. The second-order valence-electron chi connectivity index (χ2n) is 5.51. The van der Waals surface area contributed by atoms with Gasteiger partial charge >= 0.3 is 0 Å². The predicted octanol–water partition coefficient (Wildman–Crippen LogP) is 4.03. The summed E-state index contributed by atoms with van der Waals surface area (Å²) in [6.07, 6.45) is 0. The number of benzene rings is 2. The van der Waals surface area contributed by atoms with Gasteiger partial charge in [0.2, 0.25) is 5.82 Å². The van der Waals surface area contributed by atoms with Crippen molar-refractivity contribution in [3.05, 3.63) is 69.7 Å². The third kappa shape index (κ3) is 3.40. The molecule has 26 heavy (non-hydrogen) atoms. The smallest absolute Gasteiger partial charge is 0.297 e. The van der Waals surface area contributed by atoms with E-state index < -0.39 is 5.91 Å². The number of amides is 1. The Kier molecular flexibility index (Phi) is 4.94. The fourth-order valence-corrected chi connectivity index (χ4v) is 2.74. The van der Waals surface area contributed by atoms with Crippen molar-refractivity contribution in [2.24, 2.45) is 0 Å². The van der Waals surface area contributed by atoms with Crippen molar-refractivity contribution in [1.29, 1.82) is 5.26 Å². The molecule has 0 saturated heterocycles. The van der Waals surface area contributed by atoms with Crippen molar-refractivity contribution in [3.63, 3.8) is 0 Å². The summed E-state index contributed by atoms with van der Waals surface area (Å²) < 4.78 is 1.56. The standard InChI is InChI=1S/C18H13Cl2N5O/c1-11-22-17(23-25(11)15-7-5-13(19)6-8-15)18(26)24(2)16-9-14(20)4-3-12(16)10-21/h3-9H,1-2H3. The van der Waals surface area contributed by atoms with Crippen LogP contribution >= 0.6 is 23.2 Å². The lowest BCUT2D eigenvalue weighted by Crippen LogP contribution is -2.28. The summed E-state index contributed by atoms with van der Waals surface area (Å²) in [6, 6.07) is 13.8. The second-order valence-corrected chi connectivity index (χ2v) is 6.38. The Morgan fingerprint density at radius 2 is 1.81 bits per heavy atom. The summed E-state index contributed by atoms with van der Waals surface area (Å²) in [5.74, 6) is 0.124. The van der Waals surface area contributed by atoms with Crippen LogP contribution in [0.25, 0.3) is 5.69 Å². The van der Waals surface area contributed by atoms with Crippen LogP contribution in [0.15, 0.2) is 42.5 Å². The van der Waals surface area contributed by atoms with Gasteiger partial charge in [0.05, 0.1) is 16.9 Å². The third-order valence-electron chi connectivity index (χ3n) is 3.78. The molecular weight excluding hydrogens is 373 g/mol. The lowest BCUT2D eigenvalue weighted by molar-refractivity contribution is 0.0983. The van der Waals surface area contributed by atoms with Crippen molar-refractivity contribution < 1.29 is 4.79 Å². The van der Waals surface area contributed by atoms with Crippen molar-refractivity contribution in [2.75, 3.05) is 11.9 Å². The molecule has 2 aromatic carbocycles. The van der Waals surface area contributed by atoms with Crippen molar-refractivity contribution in [3.8, 4) is 11.8 Å². The highest BCUT2D eigenvalue weighted by molar-refractivity contribution is 6.31. The van der Waals surface area contributed by atoms with Crippen LogP contribution in [-0.4, -0.2) is 27.7 Å². The Hall–Kier alpha value is -2.88.